The quantitative estimate of drug-likeness (QED) is 0.680. The van der Waals surface area contributed by atoms with Crippen LogP contribution in [0, 0.1) is 0 Å². The SMILES string of the molecule is CCOc1cc(C(=O)OCC(=O)NCc2ccc(OC)cc2)ccc1OC. The number of methoxy groups -OCH3 is 2. The molecule has 0 unspecified atom stereocenters. The minimum absolute atomic E-state index is 0.280. The van der Waals surface area contributed by atoms with Crippen LogP contribution in [0.2, 0.25) is 0 Å². The van der Waals surface area contributed by atoms with E-state index in [1.807, 2.05) is 19.1 Å². The van der Waals surface area contributed by atoms with Gasteiger partial charge in [0.1, 0.15) is 5.75 Å². The molecule has 7 heteroatoms. The minimum atomic E-state index is -0.613. The lowest BCUT2D eigenvalue weighted by Gasteiger charge is -2.11. The predicted octanol–water partition coefficient (Wildman–Crippen LogP) is 2.58. The third-order valence-electron chi connectivity index (χ3n) is 3.68. The van der Waals surface area contributed by atoms with Crippen LogP contribution in [0.3, 0.4) is 0 Å². The van der Waals surface area contributed by atoms with Gasteiger partial charge in [0.25, 0.3) is 5.91 Å². The second kappa shape index (κ2) is 10.1. The van der Waals surface area contributed by atoms with E-state index in [1.165, 1.54) is 13.2 Å². The molecular weight excluding hydrogens is 350 g/mol. The number of ether oxygens (including phenoxy) is 4. The molecule has 0 aliphatic carbocycles. The van der Waals surface area contributed by atoms with Gasteiger partial charge in [-0.3, -0.25) is 4.79 Å². The van der Waals surface area contributed by atoms with Gasteiger partial charge < -0.3 is 24.3 Å². The number of hydrogen-bond acceptors (Lipinski definition) is 6. The monoisotopic (exact) mass is 373 g/mol. The maximum absolute atomic E-state index is 12.1. The minimum Gasteiger partial charge on any atom is -0.497 e. The first kappa shape index (κ1) is 20.1. The first-order valence-corrected chi connectivity index (χ1v) is 8.45. The van der Waals surface area contributed by atoms with Gasteiger partial charge in [-0.05, 0) is 42.8 Å². The van der Waals surface area contributed by atoms with Crippen LogP contribution in [0.4, 0.5) is 0 Å². The molecule has 0 aromatic heterocycles. The highest BCUT2D eigenvalue weighted by Crippen LogP contribution is 2.28. The summed E-state index contributed by atoms with van der Waals surface area (Å²) in [6.07, 6.45) is 0. The first-order chi connectivity index (χ1) is 13.1. The highest BCUT2D eigenvalue weighted by atomic mass is 16.5. The molecule has 0 atom stereocenters. The van der Waals surface area contributed by atoms with E-state index in [1.54, 1.807) is 31.4 Å². The van der Waals surface area contributed by atoms with Gasteiger partial charge in [-0.2, -0.15) is 0 Å². The normalized spacial score (nSPS) is 10.0. The summed E-state index contributed by atoms with van der Waals surface area (Å²) in [7, 11) is 3.11. The lowest BCUT2D eigenvalue weighted by molar-refractivity contribution is -0.124. The van der Waals surface area contributed by atoms with Crippen molar-refractivity contribution in [3.8, 4) is 17.2 Å². The highest BCUT2D eigenvalue weighted by Gasteiger charge is 2.14. The van der Waals surface area contributed by atoms with Gasteiger partial charge in [0.05, 0.1) is 26.4 Å². The van der Waals surface area contributed by atoms with Crippen LogP contribution in [0.5, 0.6) is 17.2 Å². The van der Waals surface area contributed by atoms with Crippen molar-refractivity contribution < 1.29 is 28.5 Å². The Hall–Kier alpha value is -3.22. The molecule has 0 aliphatic rings. The molecule has 7 nitrogen and oxygen atoms in total. The van der Waals surface area contributed by atoms with Gasteiger partial charge in [0, 0.05) is 6.54 Å². The van der Waals surface area contributed by atoms with E-state index in [0.29, 0.717) is 24.7 Å². The summed E-state index contributed by atoms with van der Waals surface area (Å²) >= 11 is 0. The molecular formula is C20H23NO6. The standard InChI is InChI=1S/C20H23NO6/c1-4-26-18-11-15(7-10-17(18)25-3)20(23)27-13-19(22)21-12-14-5-8-16(24-2)9-6-14/h5-11H,4,12-13H2,1-3H3,(H,21,22). The number of nitrogens with one attached hydrogen (secondary N) is 1. The van der Waals surface area contributed by atoms with E-state index in [-0.39, 0.29) is 12.2 Å². The van der Waals surface area contributed by atoms with Crippen molar-refractivity contribution in [3.63, 3.8) is 0 Å². The van der Waals surface area contributed by atoms with E-state index in [2.05, 4.69) is 5.32 Å². The van der Waals surface area contributed by atoms with Crippen molar-refractivity contribution in [2.75, 3.05) is 27.4 Å². The van der Waals surface area contributed by atoms with Gasteiger partial charge in [0.15, 0.2) is 18.1 Å². The van der Waals surface area contributed by atoms with Gasteiger partial charge in [0.2, 0.25) is 0 Å². The number of carbonyl (C=O) groups excluding carboxylic acids is 2. The first-order valence-electron chi connectivity index (χ1n) is 8.45. The van der Waals surface area contributed by atoms with Crippen LogP contribution in [-0.2, 0) is 16.1 Å². The number of carbonyl (C=O) groups is 2. The summed E-state index contributed by atoms with van der Waals surface area (Å²) < 4.78 is 20.7. The number of benzene rings is 2. The lowest BCUT2D eigenvalue weighted by atomic mass is 10.2. The fourth-order valence-corrected chi connectivity index (χ4v) is 2.28. The Balaban J connectivity index is 1.85. The van der Waals surface area contributed by atoms with Crippen molar-refractivity contribution in [1.82, 2.24) is 5.32 Å². The van der Waals surface area contributed by atoms with Gasteiger partial charge in [-0.15, -0.1) is 0 Å². The Morgan fingerprint density at radius 1 is 0.963 bits per heavy atom. The third kappa shape index (κ3) is 5.91. The van der Waals surface area contributed by atoms with Crippen molar-refractivity contribution in [2.24, 2.45) is 0 Å². The van der Waals surface area contributed by atoms with E-state index in [0.717, 1.165) is 11.3 Å². The van der Waals surface area contributed by atoms with E-state index in [4.69, 9.17) is 18.9 Å². The molecule has 1 amide bonds. The molecule has 144 valence electrons. The van der Waals surface area contributed by atoms with Crippen molar-refractivity contribution in [1.29, 1.82) is 0 Å². The molecule has 0 bridgehead atoms. The van der Waals surface area contributed by atoms with Gasteiger partial charge in [-0.25, -0.2) is 4.79 Å². The van der Waals surface area contributed by atoms with Gasteiger partial charge in [-0.1, -0.05) is 12.1 Å². The summed E-state index contributed by atoms with van der Waals surface area (Å²) in [5, 5.41) is 2.69. The molecule has 0 saturated carbocycles. The topological polar surface area (TPSA) is 83.1 Å². The van der Waals surface area contributed by atoms with Crippen molar-refractivity contribution >= 4 is 11.9 Å². The molecule has 0 fully saturated rings. The Morgan fingerprint density at radius 2 is 1.70 bits per heavy atom. The Morgan fingerprint density at radius 3 is 2.33 bits per heavy atom. The lowest BCUT2D eigenvalue weighted by Crippen LogP contribution is -2.28. The molecule has 2 aromatic rings. The largest absolute Gasteiger partial charge is 0.497 e. The zero-order valence-corrected chi connectivity index (χ0v) is 15.6. The third-order valence-corrected chi connectivity index (χ3v) is 3.68. The smallest absolute Gasteiger partial charge is 0.338 e. The summed E-state index contributed by atoms with van der Waals surface area (Å²) in [6.45, 7) is 2.22. The Labute approximate surface area is 158 Å². The number of hydrogen-bond donors (Lipinski definition) is 1. The number of amides is 1. The number of esters is 1. The fourth-order valence-electron chi connectivity index (χ4n) is 2.28. The molecule has 2 aromatic carbocycles. The molecule has 0 aliphatic heterocycles. The average molecular weight is 373 g/mol. The number of rotatable bonds is 9. The van der Waals surface area contributed by atoms with Crippen LogP contribution in [-0.4, -0.2) is 39.3 Å². The Kier molecular flexibility index (Phi) is 7.49. The van der Waals surface area contributed by atoms with Crippen LogP contribution in [0.25, 0.3) is 0 Å². The summed E-state index contributed by atoms with van der Waals surface area (Å²) in [5.41, 5.74) is 1.19. The molecule has 1 N–H and O–H groups in total. The molecule has 0 saturated heterocycles. The van der Waals surface area contributed by atoms with E-state index in [9.17, 15) is 9.59 Å². The predicted molar refractivity (Wildman–Crippen MR) is 99.3 cm³/mol. The van der Waals surface area contributed by atoms with Crippen molar-refractivity contribution in [2.45, 2.75) is 13.5 Å². The molecule has 0 heterocycles. The fraction of sp³-hybridized carbons (Fsp3) is 0.300. The highest BCUT2D eigenvalue weighted by molar-refractivity contribution is 5.92. The molecule has 2 rings (SSSR count). The molecule has 0 radical (unpaired) electrons. The molecule has 0 spiro atoms. The maximum Gasteiger partial charge on any atom is 0.338 e. The van der Waals surface area contributed by atoms with Crippen molar-refractivity contribution in [3.05, 3.63) is 53.6 Å². The van der Waals surface area contributed by atoms with Crippen LogP contribution < -0.4 is 19.5 Å². The van der Waals surface area contributed by atoms with Crippen LogP contribution in [0.1, 0.15) is 22.8 Å². The van der Waals surface area contributed by atoms with E-state index >= 15 is 0 Å². The van der Waals surface area contributed by atoms with Crippen LogP contribution in [0.15, 0.2) is 42.5 Å². The zero-order chi connectivity index (χ0) is 19.6. The van der Waals surface area contributed by atoms with Gasteiger partial charge >= 0.3 is 5.97 Å². The Bertz CT molecular complexity index is 773. The second-order valence-corrected chi connectivity index (χ2v) is 5.50. The average Bonchev–Trinajstić information content (AvgIpc) is 2.71. The second-order valence-electron chi connectivity index (χ2n) is 5.50. The van der Waals surface area contributed by atoms with Crippen LogP contribution >= 0.6 is 0 Å². The van der Waals surface area contributed by atoms with E-state index < -0.39 is 11.9 Å². The zero-order valence-electron chi connectivity index (χ0n) is 15.6. The summed E-state index contributed by atoms with van der Waals surface area (Å²) in [4.78, 5) is 24.0. The molecule has 27 heavy (non-hydrogen) atoms. The summed E-state index contributed by atoms with van der Waals surface area (Å²) in [6, 6.07) is 12.0. The summed E-state index contributed by atoms with van der Waals surface area (Å²) in [5.74, 6) is 0.699. The maximum atomic E-state index is 12.1.